The third kappa shape index (κ3) is 4.99. The molecule has 2 heteroatoms. The van der Waals surface area contributed by atoms with Gasteiger partial charge in [0.05, 0.1) is 6.61 Å². The maximum absolute atomic E-state index is 8.76. The second kappa shape index (κ2) is 3.88. The minimum absolute atomic E-state index is 0.0450. The van der Waals surface area contributed by atoms with Crippen molar-refractivity contribution < 1.29 is 5.11 Å². The van der Waals surface area contributed by atoms with Crippen LogP contribution in [0.4, 0.5) is 0 Å². The monoisotopic (exact) mass is 170 g/mol. The summed E-state index contributed by atoms with van der Waals surface area (Å²) in [5.74, 6) is 0. The Morgan fingerprint density at radius 1 is 1.18 bits per heavy atom. The number of rotatable bonds is 4. The predicted molar refractivity (Wildman–Crippen MR) is 53.5 cm³/mol. The van der Waals surface area contributed by atoms with Crippen molar-refractivity contribution in [2.45, 2.75) is 25.7 Å². The number of hydrogen-bond donors (Lipinski definition) is 1. The summed E-state index contributed by atoms with van der Waals surface area (Å²) in [5.41, 5.74) is 1.80. The van der Waals surface area contributed by atoms with Crippen LogP contribution in [0.3, 0.4) is 0 Å². The molecule has 0 unspecified atom stereocenters. The molecule has 0 aromatic rings. The molecule has 0 aliphatic rings. The van der Waals surface area contributed by atoms with E-state index in [4.69, 9.17) is 5.11 Å². The zero-order chi connectivity index (χ0) is 9.07. The highest BCUT2D eigenvalue weighted by atomic mass is 28.3. The van der Waals surface area contributed by atoms with Crippen molar-refractivity contribution in [2.75, 3.05) is 6.61 Å². The molecule has 64 valence electrons. The van der Waals surface area contributed by atoms with E-state index in [9.17, 15) is 0 Å². The van der Waals surface area contributed by atoms with E-state index in [1.807, 2.05) is 0 Å². The largest absolute Gasteiger partial charge is 0.392 e. The molecule has 0 saturated heterocycles. The number of hydrogen-bond acceptors (Lipinski definition) is 1. The van der Waals surface area contributed by atoms with Crippen molar-refractivity contribution in [3.05, 3.63) is 24.3 Å². The third-order valence-corrected chi connectivity index (χ3v) is 2.92. The molecule has 0 aliphatic heterocycles. The van der Waals surface area contributed by atoms with Crippen molar-refractivity contribution in [1.82, 2.24) is 0 Å². The maximum atomic E-state index is 8.76. The molecule has 11 heavy (non-hydrogen) atoms. The first-order valence-electron chi connectivity index (χ1n) is 3.83. The fraction of sp³-hybridized carbons (Fsp3) is 0.556. The van der Waals surface area contributed by atoms with E-state index in [-0.39, 0.29) is 6.61 Å². The van der Waals surface area contributed by atoms with Gasteiger partial charge in [0.2, 0.25) is 0 Å². The minimum atomic E-state index is -1.07. The van der Waals surface area contributed by atoms with Gasteiger partial charge in [-0.1, -0.05) is 38.4 Å². The molecule has 0 aromatic heterocycles. The second-order valence-corrected chi connectivity index (χ2v) is 9.58. The summed E-state index contributed by atoms with van der Waals surface area (Å²) >= 11 is 0. The van der Waals surface area contributed by atoms with Crippen molar-refractivity contribution in [3.8, 4) is 0 Å². The van der Waals surface area contributed by atoms with Gasteiger partial charge in [-0.2, -0.15) is 0 Å². The molecule has 0 fully saturated rings. The molecule has 0 saturated carbocycles. The average Bonchev–Trinajstić information content (AvgIpc) is 1.82. The lowest BCUT2D eigenvalue weighted by Crippen LogP contribution is -2.20. The summed E-state index contributed by atoms with van der Waals surface area (Å²) in [6.45, 7) is 14.5. The summed E-state index contributed by atoms with van der Waals surface area (Å²) in [6.07, 6.45) is 0. The van der Waals surface area contributed by atoms with Gasteiger partial charge in [-0.15, -0.1) is 0 Å². The Morgan fingerprint density at radius 3 is 1.91 bits per heavy atom. The Balaban J connectivity index is 3.99. The molecule has 0 heterocycles. The molecule has 0 radical (unpaired) electrons. The van der Waals surface area contributed by atoms with Gasteiger partial charge in [0.1, 0.15) is 0 Å². The van der Waals surface area contributed by atoms with E-state index < -0.39 is 8.07 Å². The predicted octanol–water partition coefficient (Wildman–Crippen LogP) is 2.43. The maximum Gasteiger partial charge on any atom is 0.0678 e. The van der Waals surface area contributed by atoms with Crippen LogP contribution in [0.15, 0.2) is 24.3 Å². The molecule has 0 atom stereocenters. The van der Waals surface area contributed by atoms with Crippen LogP contribution in [0.2, 0.25) is 25.7 Å². The zero-order valence-corrected chi connectivity index (χ0v) is 8.78. The molecule has 0 amide bonds. The van der Waals surface area contributed by atoms with Gasteiger partial charge < -0.3 is 5.11 Å². The summed E-state index contributed by atoms with van der Waals surface area (Å²) in [5, 5.41) is 8.76. The molecular weight excluding hydrogens is 152 g/mol. The molecule has 1 nitrogen and oxygen atoms in total. The Bertz CT molecular complexity index is 165. The summed E-state index contributed by atoms with van der Waals surface area (Å²) in [4.78, 5) is 0. The number of aliphatic hydroxyl groups excluding tert-OH is 1. The van der Waals surface area contributed by atoms with E-state index in [2.05, 4.69) is 32.8 Å². The van der Waals surface area contributed by atoms with Crippen molar-refractivity contribution in [3.63, 3.8) is 0 Å². The molecule has 0 bridgehead atoms. The highest BCUT2D eigenvalue weighted by Gasteiger charge is 2.15. The summed E-state index contributed by atoms with van der Waals surface area (Å²) < 4.78 is 0. The van der Waals surface area contributed by atoms with Crippen LogP contribution in [0, 0.1) is 0 Å². The molecule has 0 aromatic carbocycles. The van der Waals surface area contributed by atoms with Crippen LogP contribution in [-0.4, -0.2) is 19.8 Å². The van der Waals surface area contributed by atoms with Gasteiger partial charge in [-0.25, -0.2) is 0 Å². The van der Waals surface area contributed by atoms with Gasteiger partial charge in [-0.3, -0.25) is 0 Å². The molecular formula is C9H18OSi. The van der Waals surface area contributed by atoms with Crippen LogP contribution in [-0.2, 0) is 0 Å². The molecule has 0 spiro atoms. The topological polar surface area (TPSA) is 20.2 Å². The van der Waals surface area contributed by atoms with Crippen LogP contribution in [0.5, 0.6) is 0 Å². The van der Waals surface area contributed by atoms with E-state index in [1.165, 1.54) is 0 Å². The first kappa shape index (κ1) is 10.7. The third-order valence-electron chi connectivity index (χ3n) is 1.43. The van der Waals surface area contributed by atoms with Crippen molar-refractivity contribution >= 4 is 8.07 Å². The van der Waals surface area contributed by atoms with E-state index in [0.29, 0.717) is 0 Å². The van der Waals surface area contributed by atoms with Crippen LogP contribution in [0.1, 0.15) is 0 Å². The van der Waals surface area contributed by atoms with Gasteiger partial charge in [-0.05, 0) is 11.6 Å². The minimum Gasteiger partial charge on any atom is -0.392 e. The SMILES string of the molecule is C=C(CO)C(=C)C[Si](C)(C)C. The van der Waals surface area contributed by atoms with Gasteiger partial charge >= 0.3 is 0 Å². The highest BCUT2D eigenvalue weighted by Crippen LogP contribution is 2.19. The Morgan fingerprint density at radius 2 is 1.64 bits per heavy atom. The summed E-state index contributed by atoms with van der Waals surface area (Å²) in [7, 11) is -1.07. The van der Waals surface area contributed by atoms with E-state index in [1.54, 1.807) is 0 Å². The average molecular weight is 170 g/mol. The molecule has 0 aliphatic carbocycles. The van der Waals surface area contributed by atoms with Crippen LogP contribution in [0.25, 0.3) is 0 Å². The van der Waals surface area contributed by atoms with Gasteiger partial charge in [0, 0.05) is 8.07 Å². The normalized spacial score (nSPS) is 11.3. The van der Waals surface area contributed by atoms with Crippen molar-refractivity contribution in [1.29, 1.82) is 0 Å². The smallest absolute Gasteiger partial charge is 0.0678 e. The fourth-order valence-corrected chi connectivity index (χ4v) is 2.41. The van der Waals surface area contributed by atoms with E-state index in [0.717, 1.165) is 17.2 Å². The van der Waals surface area contributed by atoms with Crippen LogP contribution >= 0.6 is 0 Å². The first-order valence-corrected chi connectivity index (χ1v) is 7.54. The van der Waals surface area contributed by atoms with Crippen molar-refractivity contribution in [2.24, 2.45) is 0 Å². The molecule has 1 N–H and O–H groups in total. The lowest BCUT2D eigenvalue weighted by Gasteiger charge is -2.17. The summed E-state index contributed by atoms with van der Waals surface area (Å²) in [6, 6.07) is 1.03. The van der Waals surface area contributed by atoms with E-state index >= 15 is 0 Å². The first-order chi connectivity index (χ1) is 4.87. The Hall–Kier alpha value is -0.343. The number of aliphatic hydroxyl groups is 1. The quantitative estimate of drug-likeness (QED) is 0.507. The van der Waals surface area contributed by atoms with Crippen LogP contribution < -0.4 is 0 Å². The lowest BCUT2D eigenvalue weighted by atomic mass is 10.2. The highest BCUT2D eigenvalue weighted by molar-refractivity contribution is 6.76. The Labute approximate surface area is 70.5 Å². The van der Waals surface area contributed by atoms with Gasteiger partial charge in [0.15, 0.2) is 0 Å². The Kier molecular flexibility index (Phi) is 3.76. The molecule has 0 rings (SSSR count). The zero-order valence-electron chi connectivity index (χ0n) is 7.78. The standard InChI is InChI=1S/C9H18OSi/c1-8(6-10)9(2)7-11(3,4)5/h10H,1-2,6-7H2,3-5H3. The van der Waals surface area contributed by atoms with Gasteiger partial charge in [0.25, 0.3) is 0 Å². The second-order valence-electron chi connectivity index (χ2n) is 4.10. The lowest BCUT2D eigenvalue weighted by molar-refractivity contribution is 0.334. The fourth-order valence-electron chi connectivity index (χ4n) is 0.877.